The van der Waals surface area contributed by atoms with Gasteiger partial charge in [0.25, 0.3) is 0 Å². The van der Waals surface area contributed by atoms with Crippen LogP contribution in [-0.4, -0.2) is 0 Å². The summed E-state index contributed by atoms with van der Waals surface area (Å²) in [5.74, 6) is 0.551. The summed E-state index contributed by atoms with van der Waals surface area (Å²) < 4.78 is 37.9. The Balaban J connectivity index is 0.00000162. The molecule has 6 heteroatoms. The lowest BCUT2D eigenvalue weighted by Crippen LogP contribution is -2.14. The number of alkyl halides is 3. The van der Waals surface area contributed by atoms with Gasteiger partial charge in [0.05, 0.1) is 10.6 Å². The Morgan fingerprint density at radius 1 is 1.33 bits per heavy atom. The molecular weight excluding hydrogens is 286 g/mol. The van der Waals surface area contributed by atoms with Gasteiger partial charge < -0.3 is 5.73 Å². The number of halogens is 5. The highest BCUT2D eigenvalue weighted by Crippen LogP contribution is 2.41. The van der Waals surface area contributed by atoms with Crippen LogP contribution < -0.4 is 5.73 Å². The van der Waals surface area contributed by atoms with Crippen LogP contribution in [0.25, 0.3) is 0 Å². The summed E-state index contributed by atoms with van der Waals surface area (Å²) in [6.07, 6.45) is -1.48. The molecule has 0 saturated heterocycles. The van der Waals surface area contributed by atoms with Gasteiger partial charge in [0.2, 0.25) is 0 Å². The van der Waals surface area contributed by atoms with Crippen molar-refractivity contribution in [3.8, 4) is 0 Å². The van der Waals surface area contributed by atoms with E-state index < -0.39 is 17.8 Å². The Morgan fingerprint density at radius 2 is 1.94 bits per heavy atom. The van der Waals surface area contributed by atoms with Crippen LogP contribution >= 0.6 is 24.0 Å². The van der Waals surface area contributed by atoms with E-state index in [-0.39, 0.29) is 17.4 Å². The average Bonchev–Trinajstić information content (AvgIpc) is 3.00. The van der Waals surface area contributed by atoms with Crippen molar-refractivity contribution in [2.75, 3.05) is 0 Å². The van der Waals surface area contributed by atoms with Gasteiger partial charge in [-0.1, -0.05) is 36.6 Å². The van der Waals surface area contributed by atoms with Gasteiger partial charge in [-0.25, -0.2) is 0 Å². The molecule has 2 rings (SSSR count). The highest BCUT2D eigenvalue weighted by Gasteiger charge is 2.35. The summed E-state index contributed by atoms with van der Waals surface area (Å²) in [6, 6.07) is 3.51. The maximum atomic E-state index is 12.6. The Kier molecular flexibility index (Phi) is 4.92. The van der Waals surface area contributed by atoms with Crippen LogP contribution in [-0.2, 0) is 6.18 Å². The molecule has 0 unspecified atom stereocenters. The summed E-state index contributed by atoms with van der Waals surface area (Å²) in [4.78, 5) is 0. The van der Waals surface area contributed by atoms with Gasteiger partial charge in [-0.15, -0.1) is 12.4 Å². The summed E-state index contributed by atoms with van der Waals surface area (Å²) >= 11 is 5.79. The summed E-state index contributed by atoms with van der Waals surface area (Å²) in [7, 11) is 0. The lowest BCUT2D eigenvalue weighted by atomic mass is 9.99. The zero-order valence-corrected chi connectivity index (χ0v) is 11.1. The average molecular weight is 300 g/mol. The first kappa shape index (κ1) is 15.6. The molecule has 1 aliphatic rings. The zero-order valence-electron chi connectivity index (χ0n) is 9.51. The first-order valence-corrected chi connectivity index (χ1v) is 5.88. The molecule has 0 aliphatic heterocycles. The molecule has 1 nitrogen and oxygen atoms in total. The van der Waals surface area contributed by atoms with Crippen molar-refractivity contribution in [3.05, 3.63) is 34.3 Å². The van der Waals surface area contributed by atoms with Crippen LogP contribution in [0.2, 0.25) is 5.02 Å². The standard InChI is InChI=1S/C12H13ClF3N.ClH/c13-11-8(10(17)6-7-4-5-7)2-1-3-9(11)12(14,15)16;/h1-3,7,10H,4-6,17H2;1H/t10-;/m0./s1. The maximum absolute atomic E-state index is 12.6. The van der Waals surface area contributed by atoms with Crippen molar-refractivity contribution in [2.45, 2.75) is 31.5 Å². The van der Waals surface area contributed by atoms with Crippen LogP contribution in [0.4, 0.5) is 13.2 Å². The lowest BCUT2D eigenvalue weighted by molar-refractivity contribution is -0.137. The monoisotopic (exact) mass is 299 g/mol. The maximum Gasteiger partial charge on any atom is 0.417 e. The van der Waals surface area contributed by atoms with Crippen molar-refractivity contribution in [1.82, 2.24) is 0 Å². The van der Waals surface area contributed by atoms with E-state index in [1.165, 1.54) is 6.07 Å². The second-order valence-corrected chi connectivity index (χ2v) is 4.87. The van der Waals surface area contributed by atoms with E-state index in [1.54, 1.807) is 6.07 Å². The predicted molar refractivity (Wildman–Crippen MR) is 68.0 cm³/mol. The Labute approximate surface area is 115 Å². The fourth-order valence-electron chi connectivity index (χ4n) is 1.89. The third kappa shape index (κ3) is 3.53. The molecule has 1 saturated carbocycles. The van der Waals surface area contributed by atoms with E-state index in [2.05, 4.69) is 0 Å². The number of nitrogens with two attached hydrogens (primary N) is 1. The van der Waals surface area contributed by atoms with E-state index in [4.69, 9.17) is 17.3 Å². The first-order valence-electron chi connectivity index (χ1n) is 5.50. The van der Waals surface area contributed by atoms with Gasteiger partial charge in [0.1, 0.15) is 0 Å². The molecule has 1 aromatic carbocycles. The molecule has 18 heavy (non-hydrogen) atoms. The van der Waals surface area contributed by atoms with Gasteiger partial charge >= 0.3 is 6.18 Å². The van der Waals surface area contributed by atoms with Crippen LogP contribution in [0.5, 0.6) is 0 Å². The first-order chi connectivity index (χ1) is 7.89. The summed E-state index contributed by atoms with van der Waals surface area (Å²) in [5.41, 5.74) is 5.49. The van der Waals surface area contributed by atoms with Crippen molar-refractivity contribution in [3.63, 3.8) is 0 Å². The Hall–Kier alpha value is -0.450. The molecule has 1 atom stereocenters. The van der Waals surface area contributed by atoms with Crippen LogP contribution in [0.3, 0.4) is 0 Å². The van der Waals surface area contributed by atoms with E-state index in [0.717, 1.165) is 18.9 Å². The van der Waals surface area contributed by atoms with Gasteiger partial charge in [0, 0.05) is 6.04 Å². The second-order valence-electron chi connectivity index (χ2n) is 4.49. The smallest absolute Gasteiger partial charge is 0.324 e. The van der Waals surface area contributed by atoms with E-state index >= 15 is 0 Å². The van der Waals surface area contributed by atoms with E-state index in [0.29, 0.717) is 17.9 Å². The minimum absolute atomic E-state index is 0. The van der Waals surface area contributed by atoms with Gasteiger partial charge in [-0.2, -0.15) is 13.2 Å². The third-order valence-electron chi connectivity index (χ3n) is 3.02. The topological polar surface area (TPSA) is 26.0 Å². The van der Waals surface area contributed by atoms with Gasteiger partial charge in [0.15, 0.2) is 0 Å². The van der Waals surface area contributed by atoms with Gasteiger partial charge in [-0.3, -0.25) is 0 Å². The molecule has 0 aromatic heterocycles. The molecule has 1 aromatic rings. The van der Waals surface area contributed by atoms with Gasteiger partial charge in [-0.05, 0) is 24.0 Å². The third-order valence-corrected chi connectivity index (χ3v) is 3.44. The van der Waals surface area contributed by atoms with Crippen LogP contribution in [0.15, 0.2) is 18.2 Å². The highest BCUT2D eigenvalue weighted by molar-refractivity contribution is 6.32. The van der Waals surface area contributed by atoms with E-state index in [1.807, 2.05) is 0 Å². The highest BCUT2D eigenvalue weighted by atomic mass is 35.5. The SMILES string of the molecule is Cl.N[C@@H](CC1CC1)c1cccc(C(F)(F)F)c1Cl. The lowest BCUT2D eigenvalue weighted by Gasteiger charge is -2.17. The van der Waals surface area contributed by atoms with Crippen molar-refractivity contribution >= 4 is 24.0 Å². The number of benzene rings is 1. The van der Waals surface area contributed by atoms with Crippen molar-refractivity contribution < 1.29 is 13.2 Å². The molecular formula is C12H14Cl2F3N. The molecule has 0 bridgehead atoms. The number of hydrogen-bond acceptors (Lipinski definition) is 1. The molecule has 1 aliphatic carbocycles. The Bertz CT molecular complexity index is 416. The fraction of sp³-hybridized carbons (Fsp3) is 0.500. The second kappa shape index (κ2) is 5.68. The summed E-state index contributed by atoms with van der Waals surface area (Å²) in [5, 5.41) is -0.256. The van der Waals surface area contributed by atoms with Crippen molar-refractivity contribution in [2.24, 2.45) is 11.7 Å². The number of hydrogen-bond donors (Lipinski definition) is 1. The molecule has 0 spiro atoms. The Morgan fingerprint density at radius 3 is 2.44 bits per heavy atom. The molecule has 2 N–H and O–H groups in total. The van der Waals surface area contributed by atoms with E-state index in [9.17, 15) is 13.2 Å². The minimum atomic E-state index is -4.42. The van der Waals surface area contributed by atoms with Crippen molar-refractivity contribution in [1.29, 1.82) is 0 Å². The molecule has 0 radical (unpaired) electrons. The predicted octanol–water partition coefficient (Wildman–Crippen LogP) is 4.58. The zero-order chi connectivity index (χ0) is 12.6. The molecule has 0 amide bonds. The molecule has 0 heterocycles. The van der Waals surface area contributed by atoms with Crippen LogP contribution in [0.1, 0.15) is 36.4 Å². The normalized spacial score (nSPS) is 17.2. The summed E-state index contributed by atoms with van der Waals surface area (Å²) in [6.45, 7) is 0. The largest absolute Gasteiger partial charge is 0.417 e. The number of rotatable bonds is 3. The molecule has 102 valence electrons. The minimum Gasteiger partial charge on any atom is -0.324 e. The molecule has 1 fully saturated rings. The fourth-order valence-corrected chi connectivity index (χ4v) is 2.27. The quantitative estimate of drug-likeness (QED) is 0.868. The van der Waals surface area contributed by atoms with Crippen LogP contribution in [0, 0.1) is 5.92 Å².